The number of aryl methyl sites for hydroxylation is 5. The van der Waals surface area contributed by atoms with Crippen molar-refractivity contribution < 1.29 is 84.9 Å². The number of imidazole rings is 2. The molecule has 0 N–H and O–H groups in total. The molecule has 0 saturated heterocycles. The third-order valence-electron chi connectivity index (χ3n) is 20.3. The Labute approximate surface area is 718 Å². The van der Waals surface area contributed by atoms with Crippen molar-refractivity contribution in [2.45, 2.75) is 80.7 Å². The van der Waals surface area contributed by atoms with Gasteiger partial charge in [-0.05, 0) is 125 Å². The monoisotopic (exact) mass is 2200 g/mol. The molecular formula is C97H80Ir4N12O-4. The van der Waals surface area contributed by atoms with E-state index in [1.807, 2.05) is 77.8 Å². The molecule has 0 fully saturated rings. The van der Waals surface area contributed by atoms with Crippen LogP contribution in [-0.2, 0) is 87.0 Å². The fourth-order valence-electron chi connectivity index (χ4n) is 15.5. The van der Waals surface area contributed by atoms with Crippen molar-refractivity contribution in [2.24, 2.45) is 0 Å². The Morgan fingerprint density at radius 3 is 1.44 bits per heavy atom. The van der Waals surface area contributed by atoms with E-state index in [2.05, 4.69) is 347 Å². The second kappa shape index (κ2) is 36.8. The molecule has 0 atom stereocenters. The van der Waals surface area contributed by atoms with Crippen molar-refractivity contribution in [3.63, 3.8) is 0 Å². The van der Waals surface area contributed by atoms with Gasteiger partial charge in [0.15, 0.2) is 0 Å². The molecule has 0 bridgehead atoms. The molecule has 574 valence electrons. The summed E-state index contributed by atoms with van der Waals surface area (Å²) in [7, 11) is 0. The van der Waals surface area contributed by atoms with Crippen molar-refractivity contribution >= 4 is 54.1 Å². The standard InChI is InChI=1S/C31H19N4O.C26H19N4.C22H25N2.C18H17N2.4Ir/c1-3-12-23-21(8-1)10-5-14-25(23)27-16-7-17-28(26-15-6-11-22-9-2-4-13-24(22)26)30(27)35-20-32-33-31(35)29-18-19-36-34-29;1-2-29-22-11-6-5-10-21(22)25-23(29)12-7-13-24(25)30-17-27-28-26(30)20-15-14-18-8-3-4-9-19(18)16-20;1-15(2)19-13-17(5)14-20(16(3)4)21(19)24-12-11-23-22(24)18-9-7-6-8-10-18;1-13-11-14(2)17(15(3)12-13)20-10-9-19-18(20)16-7-5-4-6-8-16;;;;/h1-17,19-20H;3-14,16-17H,2H2,1H3;6-9,11-16H,1-5H3;4-7,9-12H,1-3H3;;;;/q4*-1;;;;. The van der Waals surface area contributed by atoms with Crippen LogP contribution in [0.2, 0.25) is 0 Å². The largest absolute Gasteiger partial charge is 0.387 e. The molecule has 19 aromatic rings. The second-order valence-electron chi connectivity index (χ2n) is 28.2. The summed E-state index contributed by atoms with van der Waals surface area (Å²) < 4.78 is 15.9. The fourth-order valence-corrected chi connectivity index (χ4v) is 15.5. The van der Waals surface area contributed by atoms with Crippen LogP contribution >= 0.6 is 0 Å². The molecular weight excluding hydrogens is 2120 g/mol. The topological polar surface area (TPSA) is 128 Å². The zero-order valence-electron chi connectivity index (χ0n) is 64.3. The molecule has 0 unspecified atom stereocenters. The van der Waals surface area contributed by atoms with Gasteiger partial charge in [0.05, 0.1) is 23.0 Å². The average Bonchev–Trinajstić information content (AvgIpc) is 1.52. The Morgan fingerprint density at radius 2 is 0.877 bits per heavy atom. The number of nitrogens with zero attached hydrogens (tertiary/aromatic N) is 12. The normalized spacial score (nSPS) is 10.9. The Balaban J connectivity index is 0.000000142. The minimum Gasteiger partial charge on any atom is -0.387 e. The van der Waals surface area contributed by atoms with E-state index in [1.165, 1.54) is 105 Å². The number of benzene rings is 13. The maximum atomic E-state index is 5.09. The van der Waals surface area contributed by atoms with Gasteiger partial charge in [0, 0.05) is 174 Å². The summed E-state index contributed by atoms with van der Waals surface area (Å²) in [5.41, 5.74) is 22.7. The molecule has 0 aliphatic heterocycles. The van der Waals surface area contributed by atoms with Crippen LogP contribution in [0, 0.1) is 52.0 Å². The van der Waals surface area contributed by atoms with Gasteiger partial charge in [-0.1, -0.05) is 220 Å². The molecule has 17 heteroatoms. The molecule has 19 rings (SSSR count). The van der Waals surface area contributed by atoms with E-state index >= 15 is 0 Å². The summed E-state index contributed by atoms with van der Waals surface area (Å²) in [6.45, 7) is 20.7. The third-order valence-corrected chi connectivity index (χ3v) is 20.3. The number of para-hydroxylation sites is 2. The van der Waals surface area contributed by atoms with E-state index in [0.717, 1.165) is 74.3 Å². The van der Waals surface area contributed by atoms with Crippen LogP contribution < -0.4 is 0 Å². The molecule has 4 radical (unpaired) electrons. The predicted molar refractivity (Wildman–Crippen MR) is 446 cm³/mol. The van der Waals surface area contributed by atoms with Crippen LogP contribution in [0.1, 0.15) is 79.8 Å². The number of hydrogen-bond acceptors (Lipinski definition) is 8. The molecule has 0 aliphatic carbocycles. The van der Waals surface area contributed by atoms with E-state index in [1.54, 1.807) is 12.7 Å². The molecule has 6 aromatic heterocycles. The minimum absolute atomic E-state index is 0. The smallest absolute Gasteiger partial charge is 0.114 e. The first-order chi connectivity index (χ1) is 53.9. The summed E-state index contributed by atoms with van der Waals surface area (Å²) >= 11 is 0. The zero-order valence-corrected chi connectivity index (χ0v) is 73.8. The number of fused-ring (bicyclic) bond motifs is 6. The quantitative estimate of drug-likeness (QED) is 0.104. The first-order valence-corrected chi connectivity index (χ1v) is 37.3. The maximum absolute atomic E-state index is 5.09. The SMILES string of the molecule is CCn1c2ccccc2c2c(-n3cnnc3-c3[c-]cc4ccccc4c3)cccc21.Cc1cc(C(C)C)c(-n2ccnc2-c2[c-]cccc2)c(C(C)C)c1.Cc1cc(C)c(-n2ccnc2-c2[c-]cccc2)c(C)c1.[Ir].[Ir].[Ir].[Ir].[c-]1conc1-c1nncn1-c1c(-c2cccc3ccccc23)cccc1-c1cccc2ccccc12. The molecule has 0 aliphatic rings. The summed E-state index contributed by atoms with van der Waals surface area (Å²) in [5.74, 6) is 4.14. The maximum Gasteiger partial charge on any atom is 0.114 e. The van der Waals surface area contributed by atoms with E-state index in [9.17, 15) is 0 Å². The van der Waals surface area contributed by atoms with Gasteiger partial charge in [0.1, 0.15) is 12.7 Å². The fraction of sp³-hybridized carbons (Fsp3) is 0.124. The van der Waals surface area contributed by atoms with Gasteiger partial charge in [-0.25, -0.2) is 5.10 Å². The van der Waals surface area contributed by atoms with E-state index in [4.69, 9.17) is 4.52 Å². The van der Waals surface area contributed by atoms with Crippen LogP contribution in [0.25, 0.3) is 145 Å². The Kier molecular flexibility index (Phi) is 26.6. The first kappa shape index (κ1) is 82.4. The van der Waals surface area contributed by atoms with Gasteiger partial charge in [0.2, 0.25) is 0 Å². The number of aromatic nitrogens is 12. The van der Waals surface area contributed by atoms with E-state index < -0.39 is 0 Å². The van der Waals surface area contributed by atoms with E-state index in [-0.39, 0.29) is 80.4 Å². The zero-order chi connectivity index (χ0) is 75.4. The van der Waals surface area contributed by atoms with Crippen molar-refractivity contribution in [3.05, 3.63) is 356 Å². The molecule has 6 heterocycles. The Hall–Kier alpha value is -11.1. The molecule has 13 aromatic carbocycles. The van der Waals surface area contributed by atoms with Gasteiger partial charge in [-0.15, -0.1) is 111 Å². The average molecular weight is 2200 g/mol. The number of hydrogen-bond donors (Lipinski definition) is 0. The summed E-state index contributed by atoms with van der Waals surface area (Å²) in [5, 5.41) is 31.0. The van der Waals surface area contributed by atoms with Crippen molar-refractivity contribution in [1.29, 1.82) is 0 Å². The molecule has 114 heavy (non-hydrogen) atoms. The minimum atomic E-state index is 0. The third kappa shape index (κ3) is 16.5. The molecule has 0 saturated carbocycles. The van der Waals surface area contributed by atoms with Crippen LogP contribution in [0.3, 0.4) is 0 Å². The Bertz CT molecular complexity index is 6330. The first-order valence-electron chi connectivity index (χ1n) is 37.3. The van der Waals surface area contributed by atoms with Crippen LogP contribution in [0.4, 0.5) is 0 Å². The molecule has 0 amide bonds. The van der Waals surface area contributed by atoms with Gasteiger partial charge in [-0.3, -0.25) is 9.97 Å². The molecule has 0 spiro atoms. The Morgan fingerprint density at radius 1 is 0.395 bits per heavy atom. The van der Waals surface area contributed by atoms with Crippen LogP contribution in [-0.4, -0.2) is 58.4 Å². The van der Waals surface area contributed by atoms with Crippen LogP contribution in [0.15, 0.2) is 303 Å². The van der Waals surface area contributed by atoms with Crippen molar-refractivity contribution in [1.82, 2.24) is 58.4 Å². The van der Waals surface area contributed by atoms with Gasteiger partial charge < -0.3 is 27.4 Å². The van der Waals surface area contributed by atoms with Gasteiger partial charge in [0.25, 0.3) is 0 Å². The van der Waals surface area contributed by atoms with Crippen molar-refractivity contribution in [3.8, 4) is 90.7 Å². The van der Waals surface area contributed by atoms with Gasteiger partial charge >= 0.3 is 0 Å². The summed E-state index contributed by atoms with van der Waals surface area (Å²) in [6.07, 6.45) is 12.8. The predicted octanol–water partition coefficient (Wildman–Crippen LogP) is 23.5. The number of rotatable bonds is 13. The van der Waals surface area contributed by atoms with E-state index in [0.29, 0.717) is 23.4 Å². The van der Waals surface area contributed by atoms with Crippen LogP contribution in [0.5, 0.6) is 0 Å². The summed E-state index contributed by atoms with van der Waals surface area (Å²) in [6, 6.07) is 102. The van der Waals surface area contributed by atoms with Gasteiger partial charge in [-0.2, -0.15) is 16.3 Å². The summed E-state index contributed by atoms with van der Waals surface area (Å²) in [4.78, 5) is 9.12. The second-order valence-corrected chi connectivity index (χ2v) is 28.2. The van der Waals surface area contributed by atoms with Crippen molar-refractivity contribution in [2.75, 3.05) is 0 Å². The molecule has 13 nitrogen and oxygen atoms in total.